The topological polar surface area (TPSA) is 70.6 Å². The van der Waals surface area contributed by atoms with Gasteiger partial charge in [-0.2, -0.15) is 0 Å². The molecule has 1 atom stereocenters. The summed E-state index contributed by atoms with van der Waals surface area (Å²) in [5, 5.41) is 15.1. The molecule has 5 heteroatoms. The van der Waals surface area contributed by atoms with Crippen LogP contribution in [0.4, 0.5) is 10.5 Å². The number of carbonyl (C=O) groups excluding carboxylic acids is 1. The number of anilines is 1. The van der Waals surface area contributed by atoms with Crippen molar-refractivity contribution in [2.24, 2.45) is 5.92 Å². The second-order valence-corrected chi connectivity index (χ2v) is 5.36. The third kappa shape index (κ3) is 3.42. The lowest BCUT2D eigenvalue weighted by atomic mass is 9.97. The Kier molecular flexibility index (Phi) is 4.49. The van der Waals surface area contributed by atoms with Crippen molar-refractivity contribution in [3.05, 3.63) is 24.3 Å². The second kappa shape index (κ2) is 6.13. The van der Waals surface area contributed by atoms with Gasteiger partial charge in [-0.3, -0.25) is 0 Å². The number of nitrogens with one attached hydrogen (secondary N) is 2. The molecule has 3 N–H and O–H groups in total. The van der Waals surface area contributed by atoms with Crippen molar-refractivity contribution in [2.45, 2.75) is 32.2 Å². The normalized spacial score (nSPS) is 17.1. The Bertz CT molecular complexity index is 474. The summed E-state index contributed by atoms with van der Waals surface area (Å²) in [6.07, 6.45) is 2.10. The SMILES string of the molecule is CCOc1ccccc1NC(=O)NC(C)(CO)C1CC1. The smallest absolute Gasteiger partial charge is 0.319 e. The third-order valence-electron chi connectivity index (χ3n) is 3.64. The molecule has 110 valence electrons. The van der Waals surface area contributed by atoms with Crippen LogP contribution in [0.2, 0.25) is 0 Å². The molecule has 0 bridgehead atoms. The zero-order chi connectivity index (χ0) is 14.6. The molecule has 1 aromatic rings. The molecule has 0 heterocycles. The molecule has 2 rings (SSSR count). The van der Waals surface area contributed by atoms with Gasteiger partial charge in [0.1, 0.15) is 5.75 Å². The average molecular weight is 278 g/mol. The number of aliphatic hydroxyl groups is 1. The molecular weight excluding hydrogens is 256 g/mol. The molecule has 1 aliphatic carbocycles. The van der Waals surface area contributed by atoms with Gasteiger partial charge >= 0.3 is 6.03 Å². The van der Waals surface area contributed by atoms with E-state index in [1.807, 2.05) is 32.0 Å². The Labute approximate surface area is 119 Å². The van der Waals surface area contributed by atoms with Crippen LogP contribution in [-0.4, -0.2) is 29.9 Å². The Balaban J connectivity index is 2.00. The summed E-state index contributed by atoms with van der Waals surface area (Å²) in [5.74, 6) is 1.00. The van der Waals surface area contributed by atoms with Crippen molar-refractivity contribution in [2.75, 3.05) is 18.5 Å². The highest BCUT2D eigenvalue weighted by atomic mass is 16.5. The molecule has 1 saturated carbocycles. The number of hydrogen-bond donors (Lipinski definition) is 3. The van der Waals surface area contributed by atoms with E-state index in [0.717, 1.165) is 12.8 Å². The lowest BCUT2D eigenvalue weighted by Gasteiger charge is -2.28. The van der Waals surface area contributed by atoms with Crippen LogP contribution in [0.3, 0.4) is 0 Å². The fourth-order valence-corrected chi connectivity index (χ4v) is 2.26. The average Bonchev–Trinajstić information content (AvgIpc) is 3.26. The summed E-state index contributed by atoms with van der Waals surface area (Å²) in [4.78, 5) is 12.1. The van der Waals surface area contributed by atoms with Gasteiger partial charge in [0.05, 0.1) is 24.4 Å². The lowest BCUT2D eigenvalue weighted by molar-refractivity contribution is 0.159. The van der Waals surface area contributed by atoms with Gasteiger partial charge in [-0.15, -0.1) is 0 Å². The summed E-state index contributed by atoms with van der Waals surface area (Å²) >= 11 is 0. The molecule has 5 nitrogen and oxygen atoms in total. The van der Waals surface area contributed by atoms with E-state index in [4.69, 9.17) is 4.74 Å². The van der Waals surface area contributed by atoms with Crippen LogP contribution in [0.5, 0.6) is 5.75 Å². The molecule has 1 aliphatic rings. The zero-order valence-corrected chi connectivity index (χ0v) is 12.0. The molecule has 2 amide bonds. The molecule has 0 aromatic heterocycles. The predicted octanol–water partition coefficient (Wildman–Crippen LogP) is 2.37. The number of benzene rings is 1. The van der Waals surface area contributed by atoms with Gasteiger partial charge < -0.3 is 20.5 Å². The molecule has 0 aliphatic heterocycles. The van der Waals surface area contributed by atoms with Crippen LogP contribution in [0.25, 0.3) is 0 Å². The van der Waals surface area contributed by atoms with Crippen LogP contribution in [0, 0.1) is 5.92 Å². The van der Waals surface area contributed by atoms with Crippen molar-refractivity contribution in [3.8, 4) is 5.75 Å². The van der Waals surface area contributed by atoms with Gasteiger partial charge in [0.25, 0.3) is 0 Å². The largest absolute Gasteiger partial charge is 0.492 e. The second-order valence-electron chi connectivity index (χ2n) is 5.36. The number of rotatable bonds is 6. The molecule has 20 heavy (non-hydrogen) atoms. The summed E-state index contributed by atoms with van der Waals surface area (Å²) in [5.41, 5.74) is 0.0768. The van der Waals surface area contributed by atoms with Crippen LogP contribution >= 0.6 is 0 Å². The zero-order valence-electron chi connectivity index (χ0n) is 12.0. The van der Waals surface area contributed by atoms with Crippen LogP contribution in [0.15, 0.2) is 24.3 Å². The summed E-state index contributed by atoms with van der Waals surface area (Å²) in [7, 11) is 0. The van der Waals surface area contributed by atoms with Crippen LogP contribution < -0.4 is 15.4 Å². The van der Waals surface area contributed by atoms with Crippen molar-refractivity contribution < 1.29 is 14.6 Å². The predicted molar refractivity (Wildman–Crippen MR) is 78.0 cm³/mol. The Morgan fingerprint density at radius 1 is 1.45 bits per heavy atom. The number of amides is 2. The molecular formula is C15H22N2O3. The number of para-hydroxylation sites is 2. The summed E-state index contributed by atoms with van der Waals surface area (Å²) in [6, 6.07) is 6.98. The van der Waals surface area contributed by atoms with E-state index in [0.29, 0.717) is 24.0 Å². The highest BCUT2D eigenvalue weighted by molar-refractivity contribution is 5.91. The van der Waals surface area contributed by atoms with E-state index in [9.17, 15) is 9.90 Å². The fourth-order valence-electron chi connectivity index (χ4n) is 2.26. The Morgan fingerprint density at radius 3 is 2.75 bits per heavy atom. The number of carbonyl (C=O) groups is 1. The van der Waals surface area contributed by atoms with E-state index < -0.39 is 5.54 Å². The van der Waals surface area contributed by atoms with E-state index >= 15 is 0 Å². The van der Waals surface area contributed by atoms with Gasteiger partial charge in [0.15, 0.2) is 0 Å². The molecule has 0 spiro atoms. The maximum absolute atomic E-state index is 12.1. The number of hydrogen-bond acceptors (Lipinski definition) is 3. The standard InChI is InChI=1S/C15H22N2O3/c1-3-20-13-7-5-4-6-12(13)16-14(19)17-15(2,10-18)11-8-9-11/h4-7,11,18H,3,8-10H2,1-2H3,(H2,16,17,19). The van der Waals surface area contributed by atoms with E-state index in [2.05, 4.69) is 10.6 Å². The first-order chi connectivity index (χ1) is 9.59. The Hall–Kier alpha value is -1.75. The summed E-state index contributed by atoms with van der Waals surface area (Å²) < 4.78 is 5.46. The Morgan fingerprint density at radius 2 is 2.15 bits per heavy atom. The molecule has 0 radical (unpaired) electrons. The highest BCUT2D eigenvalue weighted by Crippen LogP contribution is 2.39. The minimum Gasteiger partial charge on any atom is -0.492 e. The van der Waals surface area contributed by atoms with Gasteiger partial charge in [-0.1, -0.05) is 12.1 Å². The van der Waals surface area contributed by atoms with Crippen LogP contribution in [-0.2, 0) is 0 Å². The van der Waals surface area contributed by atoms with Gasteiger partial charge in [0, 0.05) is 0 Å². The highest BCUT2D eigenvalue weighted by Gasteiger charge is 2.42. The fraction of sp³-hybridized carbons (Fsp3) is 0.533. The first-order valence-corrected chi connectivity index (χ1v) is 7.01. The maximum atomic E-state index is 12.1. The van der Waals surface area contributed by atoms with Crippen molar-refractivity contribution in [3.63, 3.8) is 0 Å². The molecule has 0 saturated heterocycles. The van der Waals surface area contributed by atoms with E-state index in [1.54, 1.807) is 6.07 Å². The minimum atomic E-state index is -0.551. The van der Waals surface area contributed by atoms with Crippen molar-refractivity contribution in [1.29, 1.82) is 0 Å². The molecule has 1 fully saturated rings. The molecule has 1 unspecified atom stereocenters. The minimum absolute atomic E-state index is 0.0573. The monoisotopic (exact) mass is 278 g/mol. The van der Waals surface area contributed by atoms with Gasteiger partial charge in [-0.05, 0) is 44.7 Å². The quantitative estimate of drug-likeness (QED) is 0.748. The molecule has 1 aromatic carbocycles. The van der Waals surface area contributed by atoms with Gasteiger partial charge in [-0.25, -0.2) is 4.79 Å². The van der Waals surface area contributed by atoms with Crippen molar-refractivity contribution in [1.82, 2.24) is 5.32 Å². The third-order valence-corrected chi connectivity index (χ3v) is 3.64. The first-order valence-electron chi connectivity index (χ1n) is 7.01. The van der Waals surface area contributed by atoms with Gasteiger partial charge in [0.2, 0.25) is 0 Å². The number of urea groups is 1. The van der Waals surface area contributed by atoms with Crippen molar-refractivity contribution >= 4 is 11.7 Å². The maximum Gasteiger partial charge on any atom is 0.319 e. The van der Waals surface area contributed by atoms with Crippen LogP contribution in [0.1, 0.15) is 26.7 Å². The van der Waals surface area contributed by atoms with E-state index in [-0.39, 0.29) is 12.6 Å². The number of aliphatic hydroxyl groups excluding tert-OH is 1. The lowest BCUT2D eigenvalue weighted by Crippen LogP contribution is -2.52. The first kappa shape index (κ1) is 14.7. The number of ether oxygens (including phenoxy) is 1. The van der Waals surface area contributed by atoms with E-state index in [1.165, 1.54) is 0 Å². The summed E-state index contributed by atoms with van der Waals surface area (Å²) in [6.45, 7) is 4.25.